The molecular weight excluding hydrogens is 128 g/mol. The molecule has 0 aromatic rings. The van der Waals surface area contributed by atoms with Gasteiger partial charge in [0.2, 0.25) is 0 Å². The molecule has 0 aliphatic carbocycles. The molecule has 0 rings (SSSR count). The zero-order valence-corrected chi connectivity index (χ0v) is 6.76. The second-order valence-electron chi connectivity index (χ2n) is 2.27. The summed E-state index contributed by atoms with van der Waals surface area (Å²) in [5, 5.41) is 0. The van der Waals surface area contributed by atoms with Crippen LogP contribution in [0.4, 0.5) is 0 Å². The first-order valence-corrected chi connectivity index (χ1v) is 3.46. The van der Waals surface area contributed by atoms with Crippen LogP contribution >= 0.6 is 0 Å². The largest absolute Gasteiger partial charge is 0.466 e. The predicted molar refractivity (Wildman–Crippen MR) is 40.6 cm³/mol. The Morgan fingerprint density at radius 2 is 2.30 bits per heavy atom. The molecule has 0 aromatic heterocycles. The lowest BCUT2D eigenvalue weighted by Crippen LogP contribution is -1.95. The van der Waals surface area contributed by atoms with Gasteiger partial charge in [-0.25, -0.2) is 4.79 Å². The lowest BCUT2D eigenvalue weighted by molar-refractivity contribution is -0.134. The number of rotatable bonds is 3. The Balaban J connectivity index is 3.63. The molecule has 58 valence electrons. The van der Waals surface area contributed by atoms with Gasteiger partial charge in [-0.2, -0.15) is 0 Å². The van der Waals surface area contributed by atoms with Crippen LogP contribution in [-0.2, 0) is 9.53 Å². The fraction of sp³-hybridized carbons (Fsp3) is 0.625. The van der Waals surface area contributed by atoms with E-state index in [1.165, 1.54) is 13.2 Å². The number of carbonyl (C=O) groups is 1. The van der Waals surface area contributed by atoms with E-state index >= 15 is 0 Å². The Kier molecular flexibility index (Phi) is 4.63. The van der Waals surface area contributed by atoms with E-state index in [1.807, 2.05) is 6.08 Å². The van der Waals surface area contributed by atoms with Gasteiger partial charge in [0.15, 0.2) is 0 Å². The molecule has 0 radical (unpaired) electrons. The highest BCUT2D eigenvalue weighted by molar-refractivity contribution is 5.81. The van der Waals surface area contributed by atoms with Crippen molar-refractivity contribution in [1.29, 1.82) is 0 Å². The molecule has 2 heteroatoms. The average Bonchev–Trinajstić information content (AvgIpc) is 1.99. The summed E-state index contributed by atoms with van der Waals surface area (Å²) in [6.07, 6.45) is 4.37. The van der Waals surface area contributed by atoms with E-state index in [0.717, 1.165) is 6.42 Å². The molecule has 2 nitrogen and oxygen atoms in total. The van der Waals surface area contributed by atoms with Gasteiger partial charge < -0.3 is 4.74 Å². The molecule has 0 N–H and O–H groups in total. The number of methoxy groups -OCH3 is 1. The smallest absolute Gasteiger partial charge is 0.330 e. The Morgan fingerprint density at radius 3 is 2.70 bits per heavy atom. The molecule has 0 saturated heterocycles. The van der Waals surface area contributed by atoms with E-state index in [9.17, 15) is 4.79 Å². The highest BCUT2D eigenvalue weighted by Crippen LogP contribution is 2.01. The molecule has 1 atom stereocenters. The second kappa shape index (κ2) is 5.03. The fourth-order valence-corrected chi connectivity index (χ4v) is 0.447. The third kappa shape index (κ3) is 4.13. The standard InChI is InChI=1S/C8H14O2/c1-4-7(2)5-6-8(9)10-3/h5-7H,4H2,1-3H3/t7-/m1/s1. The van der Waals surface area contributed by atoms with Crippen LogP contribution in [0, 0.1) is 5.92 Å². The van der Waals surface area contributed by atoms with Gasteiger partial charge in [-0.1, -0.05) is 26.3 Å². The zero-order chi connectivity index (χ0) is 7.98. The zero-order valence-electron chi connectivity index (χ0n) is 6.76. The van der Waals surface area contributed by atoms with E-state index < -0.39 is 0 Å². The maximum absolute atomic E-state index is 10.5. The average molecular weight is 142 g/mol. The Hall–Kier alpha value is -0.790. The number of allylic oxidation sites excluding steroid dienone is 1. The molecule has 0 bridgehead atoms. The number of carbonyl (C=O) groups excluding carboxylic acids is 1. The van der Waals surface area contributed by atoms with Gasteiger partial charge in [-0.05, 0) is 5.92 Å². The summed E-state index contributed by atoms with van der Waals surface area (Å²) < 4.78 is 4.42. The highest BCUT2D eigenvalue weighted by Gasteiger charge is 1.93. The maximum atomic E-state index is 10.5. The van der Waals surface area contributed by atoms with Crippen molar-refractivity contribution in [2.75, 3.05) is 7.11 Å². The summed E-state index contributed by atoms with van der Waals surface area (Å²) in [5.41, 5.74) is 0. The van der Waals surface area contributed by atoms with Crippen LogP contribution in [0.5, 0.6) is 0 Å². The first-order chi connectivity index (χ1) is 4.70. The fourth-order valence-electron chi connectivity index (χ4n) is 0.447. The minimum atomic E-state index is -0.277. The Morgan fingerprint density at radius 1 is 1.70 bits per heavy atom. The van der Waals surface area contributed by atoms with Gasteiger partial charge in [0, 0.05) is 6.08 Å². The van der Waals surface area contributed by atoms with Crippen molar-refractivity contribution >= 4 is 5.97 Å². The summed E-state index contributed by atoms with van der Waals surface area (Å²) >= 11 is 0. The summed E-state index contributed by atoms with van der Waals surface area (Å²) in [5.74, 6) is 0.180. The van der Waals surface area contributed by atoms with E-state index in [4.69, 9.17) is 0 Å². The number of hydrogen-bond donors (Lipinski definition) is 0. The first kappa shape index (κ1) is 9.21. The minimum Gasteiger partial charge on any atom is -0.466 e. The van der Waals surface area contributed by atoms with Crippen LogP contribution in [0.25, 0.3) is 0 Å². The van der Waals surface area contributed by atoms with Crippen molar-refractivity contribution in [1.82, 2.24) is 0 Å². The van der Waals surface area contributed by atoms with Crippen molar-refractivity contribution < 1.29 is 9.53 Å². The summed E-state index contributed by atoms with van der Waals surface area (Å²) in [6, 6.07) is 0. The number of ether oxygens (including phenoxy) is 1. The minimum absolute atomic E-state index is 0.277. The molecule has 0 spiro atoms. The van der Waals surface area contributed by atoms with E-state index in [0.29, 0.717) is 5.92 Å². The highest BCUT2D eigenvalue weighted by atomic mass is 16.5. The van der Waals surface area contributed by atoms with Gasteiger partial charge in [0.05, 0.1) is 7.11 Å². The van der Waals surface area contributed by atoms with Crippen LogP contribution < -0.4 is 0 Å². The van der Waals surface area contributed by atoms with E-state index in [2.05, 4.69) is 18.6 Å². The van der Waals surface area contributed by atoms with E-state index in [-0.39, 0.29) is 5.97 Å². The summed E-state index contributed by atoms with van der Waals surface area (Å²) in [6.45, 7) is 4.13. The van der Waals surface area contributed by atoms with Crippen molar-refractivity contribution in [3.8, 4) is 0 Å². The molecule has 0 unspecified atom stereocenters. The first-order valence-electron chi connectivity index (χ1n) is 3.46. The van der Waals surface area contributed by atoms with Gasteiger partial charge in [0.25, 0.3) is 0 Å². The maximum Gasteiger partial charge on any atom is 0.330 e. The third-order valence-corrected chi connectivity index (χ3v) is 1.41. The van der Waals surface area contributed by atoms with Gasteiger partial charge in [0.1, 0.15) is 0 Å². The molecule has 0 aliphatic heterocycles. The van der Waals surface area contributed by atoms with Crippen molar-refractivity contribution in [2.45, 2.75) is 20.3 Å². The molecule has 0 aromatic carbocycles. The normalized spacial score (nSPS) is 13.5. The SMILES string of the molecule is CC[C@@H](C)C=CC(=O)OC. The van der Waals surface area contributed by atoms with Gasteiger partial charge in [-0.3, -0.25) is 0 Å². The molecular formula is C8H14O2. The van der Waals surface area contributed by atoms with Crippen molar-refractivity contribution in [2.24, 2.45) is 5.92 Å². The molecule has 0 aliphatic rings. The van der Waals surface area contributed by atoms with Gasteiger partial charge in [-0.15, -0.1) is 0 Å². The lowest BCUT2D eigenvalue weighted by Gasteiger charge is -1.97. The Bertz CT molecular complexity index is 127. The quantitative estimate of drug-likeness (QED) is 0.443. The third-order valence-electron chi connectivity index (χ3n) is 1.41. The molecule has 10 heavy (non-hydrogen) atoms. The van der Waals surface area contributed by atoms with Crippen LogP contribution in [0.1, 0.15) is 20.3 Å². The molecule has 0 saturated carbocycles. The topological polar surface area (TPSA) is 26.3 Å². The monoisotopic (exact) mass is 142 g/mol. The number of esters is 1. The van der Waals surface area contributed by atoms with Crippen molar-refractivity contribution in [3.05, 3.63) is 12.2 Å². The molecule has 0 heterocycles. The van der Waals surface area contributed by atoms with Gasteiger partial charge >= 0.3 is 5.97 Å². The van der Waals surface area contributed by atoms with Crippen molar-refractivity contribution in [3.63, 3.8) is 0 Å². The molecule has 0 amide bonds. The summed E-state index contributed by atoms with van der Waals surface area (Å²) in [7, 11) is 1.38. The second-order valence-corrected chi connectivity index (χ2v) is 2.27. The predicted octanol–water partition coefficient (Wildman–Crippen LogP) is 1.76. The summed E-state index contributed by atoms with van der Waals surface area (Å²) in [4.78, 5) is 10.5. The van der Waals surface area contributed by atoms with Crippen LogP contribution in [0.3, 0.4) is 0 Å². The van der Waals surface area contributed by atoms with E-state index in [1.54, 1.807) is 0 Å². The Labute approximate surface area is 61.9 Å². The lowest BCUT2D eigenvalue weighted by atomic mass is 10.1. The van der Waals surface area contributed by atoms with Crippen LogP contribution in [0.15, 0.2) is 12.2 Å². The van der Waals surface area contributed by atoms with Crippen LogP contribution in [-0.4, -0.2) is 13.1 Å². The van der Waals surface area contributed by atoms with Crippen LogP contribution in [0.2, 0.25) is 0 Å². The number of hydrogen-bond acceptors (Lipinski definition) is 2. The molecule has 0 fully saturated rings.